The molecule has 3 aromatic rings. The molecule has 0 aromatic carbocycles. The summed E-state index contributed by atoms with van der Waals surface area (Å²) in [6.45, 7) is 5.13. The molecule has 0 aliphatic carbocycles. The number of hydrogen-bond acceptors (Lipinski definition) is 6. The number of aryl methyl sites for hydroxylation is 1. The summed E-state index contributed by atoms with van der Waals surface area (Å²) in [7, 11) is 1.92. The highest BCUT2D eigenvalue weighted by Gasteiger charge is 2.24. The summed E-state index contributed by atoms with van der Waals surface area (Å²) in [5.41, 5.74) is -0.971. The largest absolute Gasteiger partial charge is 0.383 e. The second-order valence-electron chi connectivity index (χ2n) is 6.42. The van der Waals surface area contributed by atoms with Gasteiger partial charge in [-0.2, -0.15) is 0 Å². The molecule has 3 heterocycles. The minimum absolute atomic E-state index is 0. The van der Waals surface area contributed by atoms with Crippen molar-refractivity contribution in [1.29, 1.82) is 0 Å². The minimum Gasteiger partial charge on any atom is -0.383 e. The molecular weight excluding hydrogens is 507 g/mol. The molecule has 10 heteroatoms. The van der Waals surface area contributed by atoms with Crippen LogP contribution in [0.5, 0.6) is 0 Å². The number of thiophene rings is 2. The molecule has 0 saturated carbocycles. The van der Waals surface area contributed by atoms with E-state index in [0.717, 1.165) is 16.5 Å². The number of nitrogens with one attached hydrogen (secondary N) is 2. The maximum Gasteiger partial charge on any atom is 0.192 e. The molecule has 1 unspecified atom stereocenters. The van der Waals surface area contributed by atoms with Crippen molar-refractivity contribution < 1.29 is 5.11 Å². The van der Waals surface area contributed by atoms with E-state index >= 15 is 0 Å². The van der Waals surface area contributed by atoms with Crippen molar-refractivity contribution in [2.45, 2.75) is 32.5 Å². The maximum absolute atomic E-state index is 10.7. The highest BCUT2D eigenvalue weighted by Crippen LogP contribution is 2.24. The molecule has 28 heavy (non-hydrogen) atoms. The quantitative estimate of drug-likeness (QED) is 0.248. The lowest BCUT2D eigenvalue weighted by molar-refractivity contribution is 0.0655. The molecule has 3 N–H and O–H groups in total. The number of aliphatic hydroxyl groups is 1. The van der Waals surface area contributed by atoms with Crippen LogP contribution in [0.15, 0.2) is 40.0 Å². The van der Waals surface area contributed by atoms with Gasteiger partial charge in [-0.1, -0.05) is 12.1 Å². The Morgan fingerprint density at radius 3 is 2.57 bits per heavy atom. The van der Waals surface area contributed by atoms with Crippen molar-refractivity contribution in [1.82, 2.24) is 25.4 Å². The molecule has 0 spiro atoms. The average Bonchev–Trinajstić information content (AvgIpc) is 3.40. The van der Waals surface area contributed by atoms with Crippen molar-refractivity contribution in [3.05, 3.63) is 56.4 Å². The number of guanidine groups is 1. The zero-order valence-electron chi connectivity index (χ0n) is 16.0. The van der Waals surface area contributed by atoms with E-state index in [0.29, 0.717) is 25.6 Å². The van der Waals surface area contributed by atoms with E-state index in [-0.39, 0.29) is 24.0 Å². The number of aliphatic imine (C=N–C) groups is 1. The summed E-state index contributed by atoms with van der Waals surface area (Å²) < 4.78 is 1.92. The Bertz CT molecular complexity index is 874. The van der Waals surface area contributed by atoms with Crippen LogP contribution < -0.4 is 10.6 Å². The van der Waals surface area contributed by atoms with Gasteiger partial charge in [0.1, 0.15) is 18.0 Å². The Morgan fingerprint density at radius 1 is 1.21 bits per heavy atom. The standard InChI is InChI=1S/C18H24N6OS2.HI/c1-13-22-23-16(24(13)3)11-20-17(19-10-14-6-4-8-26-14)21-12-18(2,25)15-7-5-9-27-15;/h4-9,25H,10-12H2,1-3H3,(H2,19,20,21);1H. The molecule has 0 aliphatic heterocycles. The Kier molecular flexibility index (Phi) is 8.40. The Balaban J connectivity index is 0.00000280. The second kappa shape index (κ2) is 10.3. The van der Waals surface area contributed by atoms with Crippen LogP contribution in [0.4, 0.5) is 0 Å². The second-order valence-corrected chi connectivity index (χ2v) is 8.40. The van der Waals surface area contributed by atoms with E-state index in [2.05, 4.69) is 31.9 Å². The molecule has 7 nitrogen and oxygen atoms in total. The van der Waals surface area contributed by atoms with Gasteiger partial charge in [-0.3, -0.25) is 0 Å². The first-order valence-electron chi connectivity index (χ1n) is 8.61. The van der Waals surface area contributed by atoms with Crippen LogP contribution in [-0.2, 0) is 25.7 Å². The summed E-state index contributed by atoms with van der Waals surface area (Å²) in [6.07, 6.45) is 0. The van der Waals surface area contributed by atoms with Gasteiger partial charge in [-0.05, 0) is 36.7 Å². The molecule has 3 aromatic heterocycles. The van der Waals surface area contributed by atoms with Gasteiger partial charge in [-0.15, -0.1) is 56.8 Å². The normalized spacial score (nSPS) is 13.6. The Morgan fingerprint density at radius 2 is 1.96 bits per heavy atom. The fourth-order valence-electron chi connectivity index (χ4n) is 2.42. The van der Waals surface area contributed by atoms with E-state index in [1.807, 2.05) is 47.5 Å². The van der Waals surface area contributed by atoms with Gasteiger partial charge in [0.05, 0.1) is 13.1 Å². The zero-order valence-corrected chi connectivity index (χ0v) is 20.0. The van der Waals surface area contributed by atoms with Gasteiger partial charge in [0.25, 0.3) is 0 Å². The van der Waals surface area contributed by atoms with Crippen LogP contribution >= 0.6 is 46.7 Å². The van der Waals surface area contributed by atoms with Crippen molar-refractivity contribution in [2.75, 3.05) is 6.54 Å². The van der Waals surface area contributed by atoms with Gasteiger partial charge >= 0.3 is 0 Å². The zero-order chi connectivity index (χ0) is 19.3. The fraction of sp³-hybridized carbons (Fsp3) is 0.389. The van der Waals surface area contributed by atoms with E-state index in [1.54, 1.807) is 18.3 Å². The third-order valence-electron chi connectivity index (χ3n) is 4.22. The fourth-order valence-corrected chi connectivity index (χ4v) is 3.86. The molecule has 0 saturated heterocycles. The van der Waals surface area contributed by atoms with E-state index in [9.17, 15) is 5.11 Å². The summed E-state index contributed by atoms with van der Waals surface area (Å²) >= 11 is 3.23. The third-order valence-corrected chi connectivity index (χ3v) is 6.22. The first-order valence-corrected chi connectivity index (χ1v) is 10.4. The molecule has 0 fully saturated rings. The highest BCUT2D eigenvalue weighted by molar-refractivity contribution is 14.0. The molecule has 152 valence electrons. The number of hydrogen-bond donors (Lipinski definition) is 3. The van der Waals surface area contributed by atoms with Gasteiger partial charge in [0.2, 0.25) is 0 Å². The van der Waals surface area contributed by atoms with E-state index in [4.69, 9.17) is 0 Å². The molecule has 0 radical (unpaired) electrons. The lowest BCUT2D eigenvalue weighted by atomic mass is 10.1. The predicted molar refractivity (Wildman–Crippen MR) is 125 cm³/mol. The van der Waals surface area contributed by atoms with Gasteiger partial charge in [-0.25, -0.2) is 4.99 Å². The van der Waals surface area contributed by atoms with Gasteiger partial charge < -0.3 is 20.3 Å². The molecule has 1 atom stereocenters. The average molecular weight is 532 g/mol. The molecule has 0 bridgehead atoms. The van der Waals surface area contributed by atoms with Gasteiger partial charge in [0.15, 0.2) is 11.8 Å². The maximum atomic E-state index is 10.7. The predicted octanol–water partition coefficient (Wildman–Crippen LogP) is 3.01. The highest BCUT2D eigenvalue weighted by atomic mass is 127. The number of aromatic nitrogens is 3. The Hall–Kier alpha value is -1.50. The van der Waals surface area contributed by atoms with Crippen LogP contribution in [-0.4, -0.2) is 32.4 Å². The first-order chi connectivity index (χ1) is 13.0. The Labute approximate surface area is 190 Å². The van der Waals surface area contributed by atoms with Gasteiger partial charge in [0, 0.05) is 16.8 Å². The molecule has 0 amide bonds. The van der Waals surface area contributed by atoms with Crippen LogP contribution in [0.3, 0.4) is 0 Å². The van der Waals surface area contributed by atoms with Crippen LogP contribution in [0.1, 0.15) is 28.3 Å². The SMILES string of the molecule is Cc1nnc(CN=C(NCc2cccs2)NCC(C)(O)c2cccs2)n1C.I. The molecule has 0 aliphatic rings. The summed E-state index contributed by atoms with van der Waals surface area (Å²) in [4.78, 5) is 6.75. The minimum atomic E-state index is -0.971. The number of nitrogens with zero attached hydrogens (tertiary/aromatic N) is 4. The topological polar surface area (TPSA) is 87.4 Å². The summed E-state index contributed by atoms with van der Waals surface area (Å²) in [6, 6.07) is 7.97. The van der Waals surface area contributed by atoms with Crippen molar-refractivity contribution in [3.8, 4) is 0 Å². The van der Waals surface area contributed by atoms with Crippen molar-refractivity contribution in [3.63, 3.8) is 0 Å². The van der Waals surface area contributed by atoms with Crippen molar-refractivity contribution >= 4 is 52.6 Å². The lowest BCUT2D eigenvalue weighted by Gasteiger charge is -2.23. The lowest BCUT2D eigenvalue weighted by Crippen LogP contribution is -2.44. The summed E-state index contributed by atoms with van der Waals surface area (Å²) in [5.74, 6) is 2.26. The van der Waals surface area contributed by atoms with E-state index < -0.39 is 5.60 Å². The van der Waals surface area contributed by atoms with Crippen LogP contribution in [0.2, 0.25) is 0 Å². The number of halogens is 1. The number of rotatable bonds is 7. The van der Waals surface area contributed by atoms with Crippen LogP contribution in [0.25, 0.3) is 0 Å². The van der Waals surface area contributed by atoms with Crippen LogP contribution in [0, 0.1) is 6.92 Å². The molecule has 3 rings (SSSR count). The van der Waals surface area contributed by atoms with E-state index in [1.165, 1.54) is 16.2 Å². The van der Waals surface area contributed by atoms with Crippen molar-refractivity contribution in [2.24, 2.45) is 12.0 Å². The summed E-state index contributed by atoms with van der Waals surface area (Å²) in [5, 5.41) is 29.5. The first kappa shape index (κ1) is 22.8. The monoisotopic (exact) mass is 532 g/mol. The molecular formula is C18H25IN6OS2. The smallest absolute Gasteiger partial charge is 0.192 e. The third kappa shape index (κ3) is 6.00.